The predicted molar refractivity (Wildman–Crippen MR) is 55.1 cm³/mol. The van der Waals surface area contributed by atoms with Crippen LogP contribution in [0, 0.1) is 23.7 Å². The molecule has 0 radical (unpaired) electrons. The summed E-state index contributed by atoms with van der Waals surface area (Å²) in [5.74, 6) is 3.83. The molecule has 1 rings (SSSR count). The number of hydrogen-bond donors (Lipinski definition) is 0. The minimum Gasteiger partial charge on any atom is -0.0625 e. The van der Waals surface area contributed by atoms with Crippen molar-refractivity contribution in [2.45, 2.75) is 53.4 Å². The molecule has 1 saturated carbocycles. The first-order valence-electron chi connectivity index (χ1n) is 5.63. The molecule has 0 heteroatoms. The molecule has 0 aromatic carbocycles. The van der Waals surface area contributed by atoms with E-state index in [1.165, 1.54) is 25.7 Å². The zero-order chi connectivity index (χ0) is 9.14. The fraction of sp³-hybridized carbons (Fsp3) is 1.00. The molecule has 0 N–H and O–H groups in total. The monoisotopic (exact) mass is 168 g/mol. The van der Waals surface area contributed by atoms with Crippen LogP contribution < -0.4 is 0 Å². The van der Waals surface area contributed by atoms with Gasteiger partial charge in [-0.1, -0.05) is 40.5 Å². The van der Waals surface area contributed by atoms with E-state index >= 15 is 0 Å². The van der Waals surface area contributed by atoms with Gasteiger partial charge in [-0.15, -0.1) is 0 Å². The van der Waals surface area contributed by atoms with Gasteiger partial charge in [0.1, 0.15) is 0 Å². The van der Waals surface area contributed by atoms with E-state index in [4.69, 9.17) is 0 Å². The Morgan fingerprint density at radius 3 is 1.33 bits per heavy atom. The van der Waals surface area contributed by atoms with Crippen LogP contribution >= 0.6 is 0 Å². The van der Waals surface area contributed by atoms with Crippen LogP contribution in [0.15, 0.2) is 0 Å². The highest BCUT2D eigenvalue weighted by Gasteiger charge is 2.29. The maximum absolute atomic E-state index is 2.39. The molecule has 0 unspecified atom stereocenters. The largest absolute Gasteiger partial charge is 0.0625 e. The highest BCUT2D eigenvalue weighted by molar-refractivity contribution is 4.79. The van der Waals surface area contributed by atoms with E-state index in [1.807, 2.05) is 0 Å². The van der Waals surface area contributed by atoms with Crippen molar-refractivity contribution >= 4 is 0 Å². The molecule has 0 aromatic rings. The number of hydrogen-bond acceptors (Lipinski definition) is 0. The molecular weight excluding hydrogens is 144 g/mol. The molecule has 0 spiro atoms. The van der Waals surface area contributed by atoms with Crippen LogP contribution in [0.2, 0.25) is 0 Å². The Kier molecular flexibility index (Phi) is 3.61. The third-order valence-corrected chi connectivity index (χ3v) is 3.59. The van der Waals surface area contributed by atoms with E-state index in [-0.39, 0.29) is 0 Å². The molecule has 1 aliphatic carbocycles. The second-order valence-corrected chi connectivity index (χ2v) is 5.10. The van der Waals surface area contributed by atoms with Crippen LogP contribution in [0.25, 0.3) is 0 Å². The molecule has 12 heavy (non-hydrogen) atoms. The first-order valence-corrected chi connectivity index (χ1v) is 5.63. The Hall–Kier alpha value is 0. The molecule has 1 aliphatic rings. The molecule has 0 amide bonds. The normalized spacial score (nSPS) is 31.5. The van der Waals surface area contributed by atoms with Gasteiger partial charge in [-0.3, -0.25) is 0 Å². The van der Waals surface area contributed by atoms with Crippen LogP contribution in [-0.4, -0.2) is 0 Å². The molecule has 0 nitrogen and oxygen atoms in total. The first-order chi connectivity index (χ1) is 5.63. The minimum absolute atomic E-state index is 0.901. The Bertz CT molecular complexity index is 108. The fourth-order valence-corrected chi connectivity index (χ4v) is 2.84. The average Bonchev–Trinajstić information content (AvgIpc) is 2.04. The van der Waals surface area contributed by atoms with Gasteiger partial charge >= 0.3 is 0 Å². The van der Waals surface area contributed by atoms with E-state index in [9.17, 15) is 0 Å². The Labute approximate surface area is 77.7 Å². The molecule has 0 aliphatic heterocycles. The molecule has 0 heterocycles. The van der Waals surface area contributed by atoms with E-state index in [0.29, 0.717) is 0 Å². The Morgan fingerprint density at radius 2 is 1.08 bits per heavy atom. The van der Waals surface area contributed by atoms with Crippen LogP contribution in [0.3, 0.4) is 0 Å². The van der Waals surface area contributed by atoms with Crippen molar-refractivity contribution in [3.8, 4) is 0 Å². The highest BCUT2D eigenvalue weighted by atomic mass is 14.3. The third-order valence-electron chi connectivity index (χ3n) is 3.59. The summed E-state index contributed by atoms with van der Waals surface area (Å²) in [5, 5.41) is 0. The Morgan fingerprint density at radius 1 is 0.750 bits per heavy atom. The lowest BCUT2D eigenvalue weighted by Crippen LogP contribution is -2.27. The summed E-state index contributed by atoms with van der Waals surface area (Å²) in [4.78, 5) is 0. The molecule has 0 bridgehead atoms. The predicted octanol–water partition coefficient (Wildman–Crippen LogP) is 4.10. The summed E-state index contributed by atoms with van der Waals surface area (Å²) in [7, 11) is 0. The lowest BCUT2D eigenvalue weighted by molar-refractivity contribution is 0.136. The van der Waals surface area contributed by atoms with Crippen molar-refractivity contribution in [2.24, 2.45) is 23.7 Å². The van der Waals surface area contributed by atoms with E-state index < -0.39 is 0 Å². The van der Waals surface area contributed by atoms with Crippen molar-refractivity contribution < 1.29 is 0 Å². The maximum Gasteiger partial charge on any atom is -0.0360 e. The summed E-state index contributed by atoms with van der Waals surface area (Å²) in [6.45, 7) is 9.58. The summed E-state index contributed by atoms with van der Waals surface area (Å²) in [6.07, 6.45) is 5.93. The third kappa shape index (κ3) is 2.24. The van der Waals surface area contributed by atoms with Crippen LogP contribution in [0.5, 0.6) is 0 Å². The van der Waals surface area contributed by atoms with Gasteiger partial charge in [0.2, 0.25) is 0 Å². The van der Waals surface area contributed by atoms with Crippen LogP contribution in [0.4, 0.5) is 0 Å². The smallest absolute Gasteiger partial charge is 0.0360 e. The molecule has 2 atom stereocenters. The van der Waals surface area contributed by atoms with Crippen LogP contribution in [-0.2, 0) is 0 Å². The molecule has 72 valence electrons. The van der Waals surface area contributed by atoms with Crippen molar-refractivity contribution in [1.82, 2.24) is 0 Å². The van der Waals surface area contributed by atoms with Gasteiger partial charge in [-0.05, 0) is 36.5 Å². The fourth-order valence-electron chi connectivity index (χ4n) is 2.84. The van der Waals surface area contributed by atoms with E-state index in [0.717, 1.165) is 23.7 Å². The van der Waals surface area contributed by atoms with Crippen molar-refractivity contribution in [3.05, 3.63) is 0 Å². The minimum atomic E-state index is 0.901. The second kappa shape index (κ2) is 4.30. The maximum atomic E-state index is 2.39. The SMILES string of the molecule is CC(C)[C@@H]1CCCC[C@H]1C(C)C. The molecular formula is C12H24. The van der Waals surface area contributed by atoms with Crippen molar-refractivity contribution in [3.63, 3.8) is 0 Å². The zero-order valence-electron chi connectivity index (χ0n) is 9.14. The van der Waals surface area contributed by atoms with Gasteiger partial charge in [0.15, 0.2) is 0 Å². The van der Waals surface area contributed by atoms with Crippen LogP contribution in [0.1, 0.15) is 53.4 Å². The van der Waals surface area contributed by atoms with Gasteiger partial charge < -0.3 is 0 Å². The van der Waals surface area contributed by atoms with Gasteiger partial charge in [-0.2, -0.15) is 0 Å². The summed E-state index contributed by atoms with van der Waals surface area (Å²) in [6, 6.07) is 0. The molecule has 0 saturated heterocycles. The van der Waals surface area contributed by atoms with Gasteiger partial charge in [0, 0.05) is 0 Å². The van der Waals surface area contributed by atoms with Crippen molar-refractivity contribution in [1.29, 1.82) is 0 Å². The average molecular weight is 168 g/mol. The quantitative estimate of drug-likeness (QED) is 0.582. The van der Waals surface area contributed by atoms with Crippen molar-refractivity contribution in [2.75, 3.05) is 0 Å². The topological polar surface area (TPSA) is 0 Å². The van der Waals surface area contributed by atoms with Gasteiger partial charge in [0.05, 0.1) is 0 Å². The molecule has 1 fully saturated rings. The summed E-state index contributed by atoms with van der Waals surface area (Å²) < 4.78 is 0. The molecule has 0 aromatic heterocycles. The summed E-state index contributed by atoms with van der Waals surface area (Å²) >= 11 is 0. The van der Waals surface area contributed by atoms with E-state index in [1.54, 1.807) is 0 Å². The lowest BCUT2D eigenvalue weighted by Gasteiger charge is -2.37. The Balaban J connectivity index is 2.54. The zero-order valence-corrected chi connectivity index (χ0v) is 9.14. The standard InChI is InChI=1S/C12H24/c1-9(2)11-7-5-6-8-12(11)10(3)4/h9-12H,5-8H2,1-4H3/t11-,12-/m0/s1. The van der Waals surface area contributed by atoms with E-state index in [2.05, 4.69) is 27.7 Å². The van der Waals surface area contributed by atoms with Gasteiger partial charge in [-0.25, -0.2) is 0 Å². The first kappa shape index (κ1) is 10.1. The lowest BCUT2D eigenvalue weighted by atomic mass is 9.69. The summed E-state index contributed by atoms with van der Waals surface area (Å²) in [5.41, 5.74) is 0. The second-order valence-electron chi connectivity index (χ2n) is 5.10. The van der Waals surface area contributed by atoms with Gasteiger partial charge in [0.25, 0.3) is 0 Å². The highest BCUT2D eigenvalue weighted by Crippen LogP contribution is 2.38. The number of rotatable bonds is 2.